The second-order valence-electron chi connectivity index (χ2n) is 6.29. The summed E-state index contributed by atoms with van der Waals surface area (Å²) in [5.74, 6) is 0.766. The summed E-state index contributed by atoms with van der Waals surface area (Å²) in [7, 11) is 2.10. The molecule has 19 heavy (non-hydrogen) atoms. The van der Waals surface area contributed by atoms with Gasteiger partial charge in [0, 0.05) is 25.9 Å². The quantitative estimate of drug-likeness (QED) is 0.720. The summed E-state index contributed by atoms with van der Waals surface area (Å²) >= 11 is 0. The van der Waals surface area contributed by atoms with Gasteiger partial charge in [-0.1, -0.05) is 19.8 Å². The Labute approximate surface area is 118 Å². The second-order valence-corrected chi connectivity index (χ2v) is 6.29. The van der Waals surface area contributed by atoms with E-state index < -0.39 is 0 Å². The summed E-state index contributed by atoms with van der Waals surface area (Å²) in [4.78, 5) is 0. The molecular weight excluding hydrogens is 238 g/mol. The minimum atomic E-state index is 0.238. The van der Waals surface area contributed by atoms with E-state index in [0.717, 1.165) is 38.6 Å². The van der Waals surface area contributed by atoms with Crippen molar-refractivity contribution in [1.29, 1.82) is 0 Å². The lowest BCUT2D eigenvalue weighted by atomic mass is 9.80. The van der Waals surface area contributed by atoms with Crippen molar-refractivity contribution >= 4 is 0 Å². The van der Waals surface area contributed by atoms with Crippen molar-refractivity contribution in [3.8, 4) is 0 Å². The standard InChI is InChI=1S/C16H31NO2/c1-3-10-18-11-7-15(17-2)14-6-12-19-16(13-14)8-4-5-9-16/h14-15,17H,3-13H2,1-2H3. The third-order valence-corrected chi connectivity index (χ3v) is 4.91. The van der Waals surface area contributed by atoms with Crippen LogP contribution in [0.1, 0.15) is 58.3 Å². The molecule has 2 atom stereocenters. The van der Waals surface area contributed by atoms with Crippen LogP contribution < -0.4 is 5.32 Å². The number of hydrogen-bond acceptors (Lipinski definition) is 3. The molecule has 0 radical (unpaired) electrons. The van der Waals surface area contributed by atoms with E-state index in [-0.39, 0.29) is 5.60 Å². The Bertz CT molecular complexity index is 251. The van der Waals surface area contributed by atoms with Crippen LogP contribution >= 0.6 is 0 Å². The molecule has 3 nitrogen and oxygen atoms in total. The van der Waals surface area contributed by atoms with Crippen molar-refractivity contribution in [2.45, 2.75) is 69.9 Å². The highest BCUT2D eigenvalue weighted by molar-refractivity contribution is 4.94. The zero-order chi connectivity index (χ0) is 13.6. The predicted octanol–water partition coefficient (Wildman–Crippen LogP) is 3.13. The van der Waals surface area contributed by atoms with Gasteiger partial charge in [0.25, 0.3) is 0 Å². The third-order valence-electron chi connectivity index (χ3n) is 4.91. The van der Waals surface area contributed by atoms with Crippen molar-refractivity contribution in [3.05, 3.63) is 0 Å². The molecule has 2 unspecified atom stereocenters. The Morgan fingerprint density at radius 3 is 2.79 bits per heavy atom. The average molecular weight is 269 g/mol. The summed E-state index contributed by atoms with van der Waals surface area (Å²) in [6.45, 7) is 4.91. The SMILES string of the molecule is CCCOCCC(NC)C1CCOC2(CCCC2)C1. The number of ether oxygens (including phenoxy) is 2. The largest absolute Gasteiger partial charge is 0.381 e. The predicted molar refractivity (Wildman–Crippen MR) is 78.4 cm³/mol. The third kappa shape index (κ3) is 4.17. The van der Waals surface area contributed by atoms with E-state index in [2.05, 4.69) is 19.3 Å². The van der Waals surface area contributed by atoms with Crippen LogP contribution in [0.2, 0.25) is 0 Å². The van der Waals surface area contributed by atoms with Gasteiger partial charge in [0.2, 0.25) is 0 Å². The first kappa shape index (κ1) is 15.3. The maximum Gasteiger partial charge on any atom is 0.0685 e. The molecule has 0 aromatic heterocycles. The number of hydrogen-bond donors (Lipinski definition) is 1. The molecular formula is C16H31NO2. The Kier molecular flexibility index (Phi) is 6.11. The second kappa shape index (κ2) is 7.61. The lowest BCUT2D eigenvalue weighted by Crippen LogP contribution is -2.45. The minimum absolute atomic E-state index is 0.238. The summed E-state index contributed by atoms with van der Waals surface area (Å²) < 4.78 is 11.8. The Balaban J connectivity index is 1.80. The minimum Gasteiger partial charge on any atom is -0.381 e. The molecule has 1 heterocycles. The lowest BCUT2D eigenvalue weighted by Gasteiger charge is -2.41. The summed E-state index contributed by atoms with van der Waals surface area (Å²) in [6, 6.07) is 0.596. The normalized spacial score (nSPS) is 27.8. The van der Waals surface area contributed by atoms with Gasteiger partial charge in [0.05, 0.1) is 5.60 Å². The van der Waals surface area contributed by atoms with Gasteiger partial charge in [-0.3, -0.25) is 0 Å². The smallest absolute Gasteiger partial charge is 0.0685 e. The zero-order valence-corrected chi connectivity index (χ0v) is 12.7. The average Bonchev–Trinajstić information content (AvgIpc) is 2.87. The van der Waals surface area contributed by atoms with Gasteiger partial charge in [-0.15, -0.1) is 0 Å². The van der Waals surface area contributed by atoms with Crippen LogP contribution in [0.5, 0.6) is 0 Å². The topological polar surface area (TPSA) is 30.5 Å². The lowest BCUT2D eigenvalue weighted by molar-refractivity contribution is -0.0987. The van der Waals surface area contributed by atoms with Gasteiger partial charge >= 0.3 is 0 Å². The van der Waals surface area contributed by atoms with Gasteiger partial charge in [0.1, 0.15) is 0 Å². The van der Waals surface area contributed by atoms with E-state index in [1.807, 2.05) is 0 Å². The molecule has 1 saturated carbocycles. The monoisotopic (exact) mass is 269 g/mol. The van der Waals surface area contributed by atoms with E-state index in [0.29, 0.717) is 6.04 Å². The first-order valence-corrected chi connectivity index (χ1v) is 8.18. The summed E-state index contributed by atoms with van der Waals surface area (Å²) in [5.41, 5.74) is 0.238. The summed E-state index contributed by atoms with van der Waals surface area (Å²) in [5, 5.41) is 3.52. The van der Waals surface area contributed by atoms with Crippen LogP contribution in [-0.4, -0.2) is 38.5 Å². The van der Waals surface area contributed by atoms with Gasteiger partial charge in [-0.2, -0.15) is 0 Å². The highest BCUT2D eigenvalue weighted by Gasteiger charge is 2.41. The molecule has 2 rings (SSSR count). The number of rotatable bonds is 7. The fourth-order valence-corrected chi connectivity index (χ4v) is 3.85. The molecule has 1 aliphatic carbocycles. The molecule has 0 aromatic carbocycles. The van der Waals surface area contributed by atoms with E-state index in [9.17, 15) is 0 Å². The maximum absolute atomic E-state index is 6.14. The number of nitrogens with one attached hydrogen (secondary N) is 1. The van der Waals surface area contributed by atoms with Crippen molar-refractivity contribution in [2.75, 3.05) is 26.9 Å². The molecule has 1 aliphatic heterocycles. The van der Waals surface area contributed by atoms with Crippen molar-refractivity contribution < 1.29 is 9.47 Å². The highest BCUT2D eigenvalue weighted by Crippen LogP contribution is 2.43. The van der Waals surface area contributed by atoms with Crippen LogP contribution in [0, 0.1) is 5.92 Å². The summed E-state index contributed by atoms with van der Waals surface area (Å²) in [6.07, 6.45) is 10.0. The molecule has 3 heteroatoms. The molecule has 1 spiro atoms. The highest BCUT2D eigenvalue weighted by atomic mass is 16.5. The van der Waals surface area contributed by atoms with Crippen molar-refractivity contribution in [2.24, 2.45) is 5.92 Å². The first-order chi connectivity index (χ1) is 9.29. The molecule has 112 valence electrons. The van der Waals surface area contributed by atoms with Gasteiger partial charge < -0.3 is 14.8 Å². The van der Waals surface area contributed by atoms with E-state index >= 15 is 0 Å². The fraction of sp³-hybridized carbons (Fsp3) is 1.00. The van der Waals surface area contributed by atoms with E-state index in [1.165, 1.54) is 38.5 Å². The van der Waals surface area contributed by atoms with Crippen LogP contribution in [0.15, 0.2) is 0 Å². The van der Waals surface area contributed by atoms with Crippen LogP contribution in [0.4, 0.5) is 0 Å². The maximum atomic E-state index is 6.14. The molecule has 0 amide bonds. The van der Waals surface area contributed by atoms with Crippen LogP contribution in [0.3, 0.4) is 0 Å². The first-order valence-electron chi connectivity index (χ1n) is 8.18. The molecule has 0 aromatic rings. The zero-order valence-electron chi connectivity index (χ0n) is 12.7. The molecule has 1 N–H and O–H groups in total. The Hall–Kier alpha value is -0.120. The Morgan fingerprint density at radius 1 is 1.32 bits per heavy atom. The molecule has 2 aliphatic rings. The van der Waals surface area contributed by atoms with Crippen molar-refractivity contribution in [3.63, 3.8) is 0 Å². The molecule has 0 bridgehead atoms. The van der Waals surface area contributed by atoms with E-state index in [1.54, 1.807) is 0 Å². The van der Waals surface area contributed by atoms with Gasteiger partial charge in [0.15, 0.2) is 0 Å². The van der Waals surface area contributed by atoms with Crippen LogP contribution in [-0.2, 0) is 9.47 Å². The molecule has 1 saturated heterocycles. The van der Waals surface area contributed by atoms with Crippen molar-refractivity contribution in [1.82, 2.24) is 5.32 Å². The van der Waals surface area contributed by atoms with Gasteiger partial charge in [-0.05, 0) is 51.5 Å². The Morgan fingerprint density at radius 2 is 2.11 bits per heavy atom. The molecule has 2 fully saturated rings. The van der Waals surface area contributed by atoms with Gasteiger partial charge in [-0.25, -0.2) is 0 Å². The van der Waals surface area contributed by atoms with Crippen LogP contribution in [0.25, 0.3) is 0 Å². The van der Waals surface area contributed by atoms with E-state index in [4.69, 9.17) is 9.47 Å². The fourth-order valence-electron chi connectivity index (χ4n) is 3.85.